The summed E-state index contributed by atoms with van der Waals surface area (Å²) in [7, 11) is 1.65. The van der Waals surface area contributed by atoms with Gasteiger partial charge in [0.05, 0.1) is 30.9 Å². The van der Waals surface area contributed by atoms with Crippen molar-refractivity contribution < 1.29 is 9.13 Å². The Bertz CT molecular complexity index is 925. The van der Waals surface area contributed by atoms with Gasteiger partial charge in [0.2, 0.25) is 0 Å². The molecule has 0 aliphatic carbocycles. The van der Waals surface area contributed by atoms with Gasteiger partial charge >= 0.3 is 0 Å². The first-order chi connectivity index (χ1) is 13.2. The second-order valence-corrected chi connectivity index (χ2v) is 6.42. The van der Waals surface area contributed by atoms with Gasteiger partial charge in [0.25, 0.3) is 0 Å². The summed E-state index contributed by atoms with van der Waals surface area (Å²) in [6.45, 7) is 3.02. The smallest absolute Gasteiger partial charge is 0.147 e. The fraction of sp³-hybridized carbons (Fsp3) is 0.238. The van der Waals surface area contributed by atoms with Gasteiger partial charge in [0, 0.05) is 31.7 Å². The van der Waals surface area contributed by atoms with Gasteiger partial charge in [-0.3, -0.25) is 4.98 Å². The van der Waals surface area contributed by atoms with E-state index >= 15 is 0 Å². The van der Waals surface area contributed by atoms with E-state index in [9.17, 15) is 4.39 Å². The van der Waals surface area contributed by atoms with Crippen molar-refractivity contribution in [3.63, 3.8) is 0 Å². The Morgan fingerprint density at radius 3 is 2.48 bits per heavy atom. The number of ether oxygens (including phenoxy) is 1. The van der Waals surface area contributed by atoms with E-state index in [0.717, 1.165) is 49.0 Å². The van der Waals surface area contributed by atoms with Gasteiger partial charge < -0.3 is 14.5 Å². The highest BCUT2D eigenvalue weighted by atomic mass is 19.1. The van der Waals surface area contributed by atoms with Gasteiger partial charge in [-0.25, -0.2) is 9.37 Å². The molecule has 2 aromatic carbocycles. The second kappa shape index (κ2) is 7.61. The molecule has 0 radical (unpaired) electrons. The van der Waals surface area contributed by atoms with Crippen molar-refractivity contribution in [1.82, 2.24) is 9.97 Å². The molecule has 3 aromatic rings. The molecule has 0 unspecified atom stereocenters. The summed E-state index contributed by atoms with van der Waals surface area (Å²) < 4.78 is 19.3. The Hall–Kier alpha value is -3.15. The third-order valence-electron chi connectivity index (χ3n) is 4.78. The summed E-state index contributed by atoms with van der Waals surface area (Å²) in [5, 5.41) is 0. The Labute approximate surface area is 158 Å². The fourth-order valence-corrected chi connectivity index (χ4v) is 3.31. The number of nitrogens with zero attached hydrogens (tertiary/aromatic N) is 4. The minimum absolute atomic E-state index is 0.175. The van der Waals surface area contributed by atoms with Crippen LogP contribution in [0, 0.1) is 5.82 Å². The topological polar surface area (TPSA) is 41.5 Å². The van der Waals surface area contributed by atoms with Crippen LogP contribution in [0.2, 0.25) is 0 Å². The highest BCUT2D eigenvalue weighted by Crippen LogP contribution is 2.25. The largest absolute Gasteiger partial charge is 0.497 e. The number of anilines is 2. The molecule has 0 N–H and O–H groups in total. The molecule has 4 rings (SSSR count). The van der Waals surface area contributed by atoms with Gasteiger partial charge in [-0.2, -0.15) is 0 Å². The molecule has 2 heterocycles. The third kappa shape index (κ3) is 3.69. The monoisotopic (exact) mass is 364 g/mol. The molecule has 0 atom stereocenters. The molecule has 1 aromatic heterocycles. The van der Waals surface area contributed by atoms with E-state index in [-0.39, 0.29) is 5.82 Å². The Morgan fingerprint density at radius 1 is 0.926 bits per heavy atom. The van der Waals surface area contributed by atoms with Gasteiger partial charge in [-0.15, -0.1) is 0 Å². The van der Waals surface area contributed by atoms with Crippen LogP contribution in [0.15, 0.2) is 60.9 Å². The van der Waals surface area contributed by atoms with Crippen LogP contribution in [0.3, 0.4) is 0 Å². The third-order valence-corrected chi connectivity index (χ3v) is 4.78. The van der Waals surface area contributed by atoms with E-state index in [1.165, 1.54) is 6.07 Å². The van der Waals surface area contributed by atoms with Crippen LogP contribution in [-0.2, 0) is 0 Å². The van der Waals surface area contributed by atoms with Crippen molar-refractivity contribution in [2.75, 3.05) is 43.1 Å². The fourth-order valence-electron chi connectivity index (χ4n) is 3.31. The average molecular weight is 364 g/mol. The summed E-state index contributed by atoms with van der Waals surface area (Å²) >= 11 is 0. The van der Waals surface area contributed by atoms with Crippen molar-refractivity contribution in [3.05, 3.63) is 66.7 Å². The highest BCUT2D eigenvalue weighted by molar-refractivity contribution is 5.62. The molecule has 0 spiro atoms. The summed E-state index contributed by atoms with van der Waals surface area (Å²) in [6.07, 6.45) is 3.54. The number of aromatic nitrogens is 2. The summed E-state index contributed by atoms with van der Waals surface area (Å²) in [6, 6.07) is 14.7. The van der Waals surface area contributed by atoms with E-state index < -0.39 is 0 Å². The maximum Gasteiger partial charge on any atom is 0.147 e. The minimum atomic E-state index is -0.175. The van der Waals surface area contributed by atoms with Crippen molar-refractivity contribution in [2.45, 2.75) is 0 Å². The van der Waals surface area contributed by atoms with Crippen LogP contribution in [0.4, 0.5) is 15.9 Å². The number of piperazine rings is 1. The molecule has 0 saturated carbocycles. The van der Waals surface area contributed by atoms with E-state index in [1.807, 2.05) is 36.4 Å². The maximum atomic E-state index is 14.0. The maximum absolute atomic E-state index is 14.0. The molecular weight excluding hydrogens is 343 g/mol. The Balaban J connectivity index is 1.50. The Morgan fingerprint density at radius 2 is 1.70 bits per heavy atom. The van der Waals surface area contributed by atoms with Crippen LogP contribution in [0.1, 0.15) is 0 Å². The lowest BCUT2D eigenvalue weighted by atomic mass is 10.1. The summed E-state index contributed by atoms with van der Waals surface area (Å²) in [4.78, 5) is 13.4. The van der Waals surface area contributed by atoms with E-state index in [1.54, 1.807) is 25.6 Å². The van der Waals surface area contributed by atoms with Crippen molar-refractivity contribution in [3.8, 4) is 17.0 Å². The molecular formula is C21H21FN4O. The summed E-state index contributed by atoms with van der Waals surface area (Å²) in [5.74, 6) is 1.45. The quantitative estimate of drug-likeness (QED) is 0.707. The number of rotatable bonds is 4. The Kier molecular flexibility index (Phi) is 4.87. The molecule has 1 aliphatic heterocycles. The van der Waals surface area contributed by atoms with E-state index in [2.05, 4.69) is 14.8 Å². The van der Waals surface area contributed by atoms with Crippen LogP contribution in [0.5, 0.6) is 5.75 Å². The first-order valence-electron chi connectivity index (χ1n) is 8.95. The number of halogens is 1. The standard InChI is InChI=1S/C21H21FN4O/c1-27-17-6-4-5-16(13-17)19-14-23-15-21(24-19)26-11-9-25(10-12-26)20-8-3-2-7-18(20)22/h2-8,13-15H,9-12H2,1H3. The molecule has 0 bridgehead atoms. The lowest BCUT2D eigenvalue weighted by Crippen LogP contribution is -2.47. The normalized spacial score (nSPS) is 14.3. The second-order valence-electron chi connectivity index (χ2n) is 6.42. The van der Waals surface area contributed by atoms with Crippen LogP contribution in [-0.4, -0.2) is 43.3 Å². The van der Waals surface area contributed by atoms with Crippen LogP contribution in [0.25, 0.3) is 11.3 Å². The predicted octanol–water partition coefficient (Wildman–Crippen LogP) is 3.62. The number of methoxy groups -OCH3 is 1. The number of para-hydroxylation sites is 1. The molecule has 1 fully saturated rings. The van der Waals surface area contributed by atoms with Crippen molar-refractivity contribution in [2.24, 2.45) is 0 Å². The predicted molar refractivity (Wildman–Crippen MR) is 105 cm³/mol. The average Bonchev–Trinajstić information content (AvgIpc) is 2.74. The molecule has 27 heavy (non-hydrogen) atoms. The molecule has 5 nitrogen and oxygen atoms in total. The first kappa shape index (κ1) is 17.3. The zero-order valence-electron chi connectivity index (χ0n) is 15.2. The van der Waals surface area contributed by atoms with Gasteiger partial charge in [-0.05, 0) is 24.3 Å². The van der Waals surface area contributed by atoms with Gasteiger partial charge in [0.1, 0.15) is 17.4 Å². The molecule has 6 heteroatoms. The first-order valence-corrected chi connectivity index (χ1v) is 8.95. The van der Waals surface area contributed by atoms with E-state index in [0.29, 0.717) is 5.69 Å². The summed E-state index contributed by atoms with van der Waals surface area (Å²) in [5.41, 5.74) is 2.44. The van der Waals surface area contributed by atoms with Crippen LogP contribution < -0.4 is 14.5 Å². The molecule has 1 saturated heterocycles. The zero-order chi connectivity index (χ0) is 18.6. The number of hydrogen-bond donors (Lipinski definition) is 0. The minimum Gasteiger partial charge on any atom is -0.497 e. The van der Waals surface area contributed by atoms with Gasteiger partial charge in [0.15, 0.2) is 0 Å². The number of hydrogen-bond acceptors (Lipinski definition) is 5. The SMILES string of the molecule is COc1cccc(-c2cncc(N3CCN(c4ccccc4F)CC3)n2)c1. The highest BCUT2D eigenvalue weighted by Gasteiger charge is 2.20. The zero-order valence-corrected chi connectivity index (χ0v) is 15.2. The van der Waals surface area contributed by atoms with Crippen molar-refractivity contribution >= 4 is 11.5 Å². The molecule has 1 aliphatic rings. The van der Waals surface area contributed by atoms with Crippen LogP contribution >= 0.6 is 0 Å². The number of benzene rings is 2. The lowest BCUT2D eigenvalue weighted by molar-refractivity contribution is 0.415. The van der Waals surface area contributed by atoms with E-state index in [4.69, 9.17) is 9.72 Å². The van der Waals surface area contributed by atoms with Gasteiger partial charge in [-0.1, -0.05) is 24.3 Å². The molecule has 0 amide bonds. The van der Waals surface area contributed by atoms with Crippen molar-refractivity contribution in [1.29, 1.82) is 0 Å². The molecule has 138 valence electrons. The lowest BCUT2D eigenvalue weighted by Gasteiger charge is -2.36.